The number of hydrogen-bond donors (Lipinski definition) is 1. The molecule has 1 aromatic heterocycles. The molecule has 0 bridgehead atoms. The van der Waals surface area contributed by atoms with Gasteiger partial charge in [-0.05, 0) is 62.6 Å². The second-order valence-corrected chi connectivity index (χ2v) is 8.43. The van der Waals surface area contributed by atoms with Gasteiger partial charge in [0.2, 0.25) is 0 Å². The molecule has 5 nitrogen and oxygen atoms in total. The van der Waals surface area contributed by atoms with Gasteiger partial charge in [-0.15, -0.1) is 0 Å². The molecule has 5 heteroatoms. The van der Waals surface area contributed by atoms with Crippen molar-refractivity contribution in [1.82, 2.24) is 15.1 Å². The monoisotopic (exact) mass is 389 g/mol. The number of carbonyl (C=O) groups is 1. The molecule has 1 aliphatic rings. The maximum Gasteiger partial charge on any atom is 0.273 e. The summed E-state index contributed by atoms with van der Waals surface area (Å²) in [7, 11) is 1.65. The second kappa shape index (κ2) is 7.07. The van der Waals surface area contributed by atoms with Crippen LogP contribution in [0.2, 0.25) is 0 Å². The fourth-order valence-corrected chi connectivity index (χ4v) is 4.06. The zero-order valence-corrected chi connectivity index (χ0v) is 17.6. The van der Waals surface area contributed by atoms with Crippen LogP contribution in [0.1, 0.15) is 60.9 Å². The molecule has 0 fully saturated rings. The Bertz CT molecular complexity index is 1030. The number of nitrogens with one attached hydrogen (secondary N) is 1. The van der Waals surface area contributed by atoms with Crippen molar-refractivity contribution in [2.24, 2.45) is 0 Å². The minimum atomic E-state index is -0.331. The molecule has 2 heterocycles. The van der Waals surface area contributed by atoms with E-state index in [4.69, 9.17) is 4.74 Å². The molecule has 1 atom stereocenters. The van der Waals surface area contributed by atoms with Gasteiger partial charge in [0.15, 0.2) is 0 Å². The van der Waals surface area contributed by atoms with E-state index in [0.717, 1.165) is 34.6 Å². The molecule has 1 aliphatic heterocycles. The van der Waals surface area contributed by atoms with Crippen molar-refractivity contribution in [3.63, 3.8) is 0 Å². The van der Waals surface area contributed by atoms with E-state index in [1.807, 2.05) is 29.2 Å². The number of amides is 1. The predicted octanol–water partition coefficient (Wildman–Crippen LogP) is 4.99. The number of ether oxygens (including phenoxy) is 1. The van der Waals surface area contributed by atoms with Crippen LogP contribution in [0.3, 0.4) is 0 Å². The molecule has 0 saturated heterocycles. The standard InChI is InChI=1S/C24H27N3O2/c1-6-15-7-9-17(10-8-15)22-19-20(16-11-13-18(29-5)14-12-16)25-26-21(19)23(28)27(22)24(2,3)4/h7-14,22H,6H2,1-5H3,(H,25,26). The smallest absolute Gasteiger partial charge is 0.273 e. The van der Waals surface area contributed by atoms with Gasteiger partial charge < -0.3 is 9.64 Å². The number of aromatic nitrogens is 2. The summed E-state index contributed by atoms with van der Waals surface area (Å²) < 4.78 is 5.28. The largest absolute Gasteiger partial charge is 0.497 e. The molecule has 4 rings (SSSR count). The summed E-state index contributed by atoms with van der Waals surface area (Å²) in [5.74, 6) is 0.782. The zero-order valence-electron chi connectivity index (χ0n) is 17.6. The quantitative estimate of drug-likeness (QED) is 0.684. The average Bonchev–Trinajstić information content (AvgIpc) is 3.27. The third-order valence-electron chi connectivity index (χ3n) is 5.56. The van der Waals surface area contributed by atoms with Crippen LogP contribution in [0.15, 0.2) is 48.5 Å². The van der Waals surface area contributed by atoms with E-state index in [9.17, 15) is 4.79 Å². The summed E-state index contributed by atoms with van der Waals surface area (Å²) >= 11 is 0. The Morgan fingerprint density at radius 3 is 2.28 bits per heavy atom. The highest BCUT2D eigenvalue weighted by atomic mass is 16.5. The van der Waals surface area contributed by atoms with Gasteiger partial charge in [0.05, 0.1) is 18.8 Å². The van der Waals surface area contributed by atoms with Crippen LogP contribution < -0.4 is 4.74 Å². The number of carbonyl (C=O) groups excluding carboxylic acids is 1. The SMILES string of the molecule is CCc1ccc(C2c3c(-c4ccc(OC)cc4)n[nH]c3C(=O)N2C(C)(C)C)cc1. The number of hydrogen-bond acceptors (Lipinski definition) is 3. The maximum atomic E-state index is 13.3. The van der Waals surface area contributed by atoms with E-state index < -0.39 is 0 Å². The van der Waals surface area contributed by atoms with Crippen molar-refractivity contribution in [1.29, 1.82) is 0 Å². The molecule has 0 aliphatic carbocycles. The van der Waals surface area contributed by atoms with Crippen molar-refractivity contribution in [2.45, 2.75) is 45.7 Å². The summed E-state index contributed by atoms with van der Waals surface area (Å²) in [5, 5.41) is 7.54. The van der Waals surface area contributed by atoms with Crippen LogP contribution in [-0.4, -0.2) is 33.7 Å². The third kappa shape index (κ3) is 3.20. The summed E-state index contributed by atoms with van der Waals surface area (Å²) in [4.78, 5) is 15.3. The van der Waals surface area contributed by atoms with E-state index in [0.29, 0.717) is 5.69 Å². The van der Waals surface area contributed by atoms with Crippen LogP contribution in [-0.2, 0) is 6.42 Å². The molecule has 3 aromatic rings. The Kier molecular flexibility index (Phi) is 4.69. The molecule has 150 valence electrons. The Balaban J connectivity index is 1.88. The Morgan fingerprint density at radius 1 is 1.07 bits per heavy atom. The zero-order chi connectivity index (χ0) is 20.8. The molecule has 29 heavy (non-hydrogen) atoms. The van der Waals surface area contributed by atoms with Gasteiger partial charge in [0.25, 0.3) is 5.91 Å². The van der Waals surface area contributed by atoms with Crippen molar-refractivity contribution >= 4 is 5.91 Å². The van der Waals surface area contributed by atoms with E-state index in [-0.39, 0.29) is 17.5 Å². The Morgan fingerprint density at radius 2 is 1.72 bits per heavy atom. The molecule has 0 saturated carbocycles. The number of benzene rings is 2. The first-order chi connectivity index (χ1) is 13.8. The summed E-state index contributed by atoms with van der Waals surface area (Å²) in [6.45, 7) is 8.37. The second-order valence-electron chi connectivity index (χ2n) is 8.43. The van der Waals surface area contributed by atoms with Crippen molar-refractivity contribution in [3.8, 4) is 17.0 Å². The molecule has 2 aromatic carbocycles. The highest BCUT2D eigenvalue weighted by Crippen LogP contribution is 2.46. The number of H-pyrrole nitrogens is 1. The van der Waals surface area contributed by atoms with E-state index in [2.05, 4.69) is 62.2 Å². The highest BCUT2D eigenvalue weighted by Gasteiger charge is 2.46. The summed E-state index contributed by atoms with van der Waals surface area (Å²) in [6, 6.07) is 16.2. The molecule has 1 unspecified atom stereocenters. The molecular weight excluding hydrogens is 362 g/mol. The first kappa shape index (κ1) is 19.2. The lowest BCUT2D eigenvalue weighted by Crippen LogP contribution is -2.44. The van der Waals surface area contributed by atoms with Gasteiger partial charge in [-0.3, -0.25) is 9.89 Å². The minimum absolute atomic E-state index is 0.00988. The summed E-state index contributed by atoms with van der Waals surface area (Å²) in [6.07, 6.45) is 0.987. The molecule has 1 amide bonds. The van der Waals surface area contributed by atoms with Gasteiger partial charge in [0.1, 0.15) is 11.4 Å². The average molecular weight is 389 g/mol. The maximum absolute atomic E-state index is 13.3. The number of nitrogens with zero attached hydrogens (tertiary/aromatic N) is 2. The number of rotatable bonds is 4. The van der Waals surface area contributed by atoms with Gasteiger partial charge in [-0.25, -0.2) is 0 Å². The number of methoxy groups -OCH3 is 1. The van der Waals surface area contributed by atoms with Crippen molar-refractivity contribution in [3.05, 3.63) is 70.9 Å². The Hall–Kier alpha value is -3.08. The van der Waals surface area contributed by atoms with Crippen LogP contribution in [0.5, 0.6) is 5.75 Å². The van der Waals surface area contributed by atoms with E-state index in [1.165, 1.54) is 5.56 Å². The number of aryl methyl sites for hydroxylation is 1. The molecule has 1 N–H and O–H groups in total. The first-order valence-corrected chi connectivity index (χ1v) is 10.00. The Labute approximate surface area is 171 Å². The van der Waals surface area contributed by atoms with Gasteiger partial charge in [-0.1, -0.05) is 31.2 Å². The van der Waals surface area contributed by atoms with Crippen LogP contribution in [0.25, 0.3) is 11.3 Å². The number of aromatic amines is 1. The van der Waals surface area contributed by atoms with Crippen LogP contribution >= 0.6 is 0 Å². The van der Waals surface area contributed by atoms with Gasteiger partial charge in [-0.2, -0.15) is 5.10 Å². The van der Waals surface area contributed by atoms with Crippen molar-refractivity contribution < 1.29 is 9.53 Å². The molecular formula is C24H27N3O2. The van der Waals surface area contributed by atoms with E-state index in [1.54, 1.807) is 7.11 Å². The van der Waals surface area contributed by atoms with Crippen molar-refractivity contribution in [2.75, 3.05) is 7.11 Å². The minimum Gasteiger partial charge on any atom is -0.497 e. The number of fused-ring (bicyclic) bond motifs is 1. The fourth-order valence-electron chi connectivity index (χ4n) is 4.06. The fraction of sp³-hybridized carbons (Fsp3) is 0.333. The normalized spacial score (nSPS) is 16.2. The predicted molar refractivity (Wildman–Crippen MR) is 114 cm³/mol. The van der Waals surface area contributed by atoms with Crippen LogP contribution in [0.4, 0.5) is 0 Å². The van der Waals surface area contributed by atoms with E-state index >= 15 is 0 Å². The third-order valence-corrected chi connectivity index (χ3v) is 5.56. The lowest BCUT2D eigenvalue weighted by atomic mass is 9.93. The molecule has 0 radical (unpaired) electrons. The van der Waals surface area contributed by atoms with Crippen LogP contribution in [0, 0.1) is 0 Å². The topological polar surface area (TPSA) is 58.2 Å². The first-order valence-electron chi connectivity index (χ1n) is 10.00. The van der Waals surface area contributed by atoms with Gasteiger partial charge >= 0.3 is 0 Å². The summed E-state index contributed by atoms with van der Waals surface area (Å²) in [5.41, 5.74) is 5.34. The lowest BCUT2D eigenvalue weighted by Gasteiger charge is -2.37. The molecule has 0 spiro atoms. The lowest BCUT2D eigenvalue weighted by molar-refractivity contribution is 0.0546. The highest BCUT2D eigenvalue weighted by molar-refractivity contribution is 6.00. The van der Waals surface area contributed by atoms with Gasteiger partial charge in [0, 0.05) is 16.7 Å².